The van der Waals surface area contributed by atoms with Crippen LogP contribution in [0, 0.1) is 0 Å². The van der Waals surface area contributed by atoms with E-state index in [1.165, 1.54) is 10.9 Å². The molecule has 1 aromatic carbocycles. The molecule has 0 aliphatic carbocycles. The number of anilines is 1. The summed E-state index contributed by atoms with van der Waals surface area (Å²) >= 11 is 11.9. The van der Waals surface area contributed by atoms with Crippen molar-refractivity contribution < 1.29 is 4.79 Å². The third-order valence-electron chi connectivity index (χ3n) is 2.33. The van der Waals surface area contributed by atoms with Crippen molar-refractivity contribution in [3.05, 3.63) is 40.1 Å². The Morgan fingerprint density at radius 3 is 2.68 bits per heavy atom. The Kier molecular flexibility index (Phi) is 4.36. The SMILES string of the molecule is NCCn1cc(C(=O)Nc2c(Cl)cccc2Cl)nn1. The molecule has 2 rings (SSSR count). The molecule has 0 saturated heterocycles. The van der Waals surface area contributed by atoms with Gasteiger partial charge in [0.25, 0.3) is 5.91 Å². The van der Waals surface area contributed by atoms with Crippen molar-refractivity contribution in [2.45, 2.75) is 6.54 Å². The molecule has 1 amide bonds. The molecule has 6 nitrogen and oxygen atoms in total. The summed E-state index contributed by atoms with van der Waals surface area (Å²) < 4.78 is 1.49. The number of halogens is 2. The zero-order chi connectivity index (χ0) is 13.8. The van der Waals surface area contributed by atoms with Crippen LogP contribution in [-0.4, -0.2) is 27.4 Å². The van der Waals surface area contributed by atoms with Crippen LogP contribution in [-0.2, 0) is 6.54 Å². The first-order valence-corrected chi connectivity index (χ1v) is 6.23. The molecule has 1 heterocycles. The Bertz CT molecular complexity index is 578. The minimum Gasteiger partial charge on any atom is -0.329 e. The molecule has 0 unspecified atom stereocenters. The lowest BCUT2D eigenvalue weighted by Gasteiger charge is -2.07. The van der Waals surface area contributed by atoms with Crippen molar-refractivity contribution in [3.8, 4) is 0 Å². The van der Waals surface area contributed by atoms with Crippen LogP contribution >= 0.6 is 23.2 Å². The Morgan fingerprint density at radius 1 is 1.37 bits per heavy atom. The number of benzene rings is 1. The van der Waals surface area contributed by atoms with Crippen LogP contribution < -0.4 is 11.1 Å². The average molecular weight is 300 g/mol. The summed E-state index contributed by atoms with van der Waals surface area (Å²) in [6.45, 7) is 0.911. The Morgan fingerprint density at radius 2 is 2.05 bits per heavy atom. The normalized spacial score (nSPS) is 10.5. The fourth-order valence-corrected chi connectivity index (χ4v) is 1.93. The van der Waals surface area contributed by atoms with E-state index < -0.39 is 5.91 Å². The zero-order valence-corrected chi connectivity index (χ0v) is 11.3. The first kappa shape index (κ1) is 13.8. The Hall–Kier alpha value is -1.63. The van der Waals surface area contributed by atoms with E-state index in [0.717, 1.165) is 0 Å². The van der Waals surface area contributed by atoms with Crippen molar-refractivity contribution in [2.75, 3.05) is 11.9 Å². The molecule has 2 aromatic rings. The number of carbonyl (C=O) groups is 1. The van der Waals surface area contributed by atoms with Gasteiger partial charge < -0.3 is 11.1 Å². The number of nitrogens with one attached hydrogen (secondary N) is 1. The van der Waals surface area contributed by atoms with Gasteiger partial charge in [-0.05, 0) is 12.1 Å². The summed E-state index contributed by atoms with van der Waals surface area (Å²) in [6, 6.07) is 4.96. The predicted molar refractivity (Wildman–Crippen MR) is 73.5 cm³/mol. The number of amides is 1. The first-order chi connectivity index (χ1) is 9.11. The minimum absolute atomic E-state index is 0.171. The van der Waals surface area contributed by atoms with Gasteiger partial charge >= 0.3 is 0 Å². The van der Waals surface area contributed by atoms with Gasteiger partial charge in [-0.3, -0.25) is 9.48 Å². The van der Waals surface area contributed by atoms with E-state index in [9.17, 15) is 4.79 Å². The number of nitrogens with two attached hydrogens (primary N) is 1. The summed E-state index contributed by atoms with van der Waals surface area (Å²) in [6.07, 6.45) is 1.51. The van der Waals surface area contributed by atoms with Crippen LogP contribution in [0.25, 0.3) is 0 Å². The largest absolute Gasteiger partial charge is 0.329 e. The van der Waals surface area contributed by atoms with Gasteiger partial charge in [0.15, 0.2) is 5.69 Å². The Labute approximate surface area is 119 Å². The molecule has 8 heteroatoms. The molecule has 0 saturated carbocycles. The summed E-state index contributed by atoms with van der Waals surface area (Å²) in [5, 5.41) is 10.8. The summed E-state index contributed by atoms with van der Waals surface area (Å²) in [7, 11) is 0. The maximum atomic E-state index is 12.0. The number of nitrogens with zero attached hydrogens (tertiary/aromatic N) is 3. The fourth-order valence-electron chi connectivity index (χ4n) is 1.44. The molecular weight excluding hydrogens is 289 g/mol. The smallest absolute Gasteiger partial charge is 0.277 e. The quantitative estimate of drug-likeness (QED) is 0.901. The summed E-state index contributed by atoms with van der Waals surface area (Å²) in [4.78, 5) is 12.0. The molecule has 0 spiro atoms. The molecule has 0 bridgehead atoms. The Balaban J connectivity index is 2.16. The van der Waals surface area contributed by atoms with Crippen molar-refractivity contribution in [2.24, 2.45) is 5.73 Å². The number of para-hydroxylation sites is 1. The first-order valence-electron chi connectivity index (χ1n) is 5.47. The fraction of sp³-hybridized carbons (Fsp3) is 0.182. The van der Waals surface area contributed by atoms with E-state index in [4.69, 9.17) is 28.9 Å². The lowest BCUT2D eigenvalue weighted by atomic mass is 10.3. The number of hydrogen-bond acceptors (Lipinski definition) is 4. The van der Waals surface area contributed by atoms with Gasteiger partial charge in [0.2, 0.25) is 0 Å². The molecule has 0 aliphatic rings. The van der Waals surface area contributed by atoms with Crippen molar-refractivity contribution in [1.82, 2.24) is 15.0 Å². The highest BCUT2D eigenvalue weighted by atomic mass is 35.5. The van der Waals surface area contributed by atoms with E-state index >= 15 is 0 Å². The van der Waals surface area contributed by atoms with Crippen LogP contribution in [0.1, 0.15) is 10.5 Å². The van der Waals surface area contributed by atoms with Gasteiger partial charge in [0.1, 0.15) is 0 Å². The van der Waals surface area contributed by atoms with E-state index in [1.54, 1.807) is 18.2 Å². The third kappa shape index (κ3) is 3.23. The third-order valence-corrected chi connectivity index (χ3v) is 2.96. The molecule has 1 aromatic heterocycles. The topological polar surface area (TPSA) is 85.8 Å². The summed E-state index contributed by atoms with van der Waals surface area (Å²) in [5.41, 5.74) is 5.91. The number of aromatic nitrogens is 3. The maximum absolute atomic E-state index is 12.0. The van der Waals surface area contributed by atoms with E-state index in [2.05, 4.69) is 15.6 Å². The monoisotopic (exact) mass is 299 g/mol. The lowest BCUT2D eigenvalue weighted by molar-refractivity contribution is 0.102. The highest BCUT2D eigenvalue weighted by molar-refractivity contribution is 6.39. The predicted octanol–water partition coefficient (Wildman–Crippen LogP) is 1.80. The molecule has 19 heavy (non-hydrogen) atoms. The van der Waals surface area contributed by atoms with Gasteiger partial charge in [0.05, 0.1) is 28.5 Å². The molecule has 0 radical (unpaired) electrons. The zero-order valence-electron chi connectivity index (χ0n) is 9.81. The molecule has 3 N–H and O–H groups in total. The molecule has 0 atom stereocenters. The van der Waals surface area contributed by atoms with E-state index in [-0.39, 0.29) is 5.69 Å². The summed E-state index contributed by atoms with van der Waals surface area (Å²) in [5.74, 6) is -0.432. The maximum Gasteiger partial charge on any atom is 0.277 e. The van der Waals surface area contributed by atoms with E-state index in [1.807, 2.05) is 0 Å². The highest BCUT2D eigenvalue weighted by Gasteiger charge is 2.14. The van der Waals surface area contributed by atoms with Crippen LogP contribution in [0.4, 0.5) is 5.69 Å². The standard InChI is InChI=1S/C11H11Cl2N5O/c12-7-2-1-3-8(13)10(7)15-11(19)9-6-18(5-4-14)17-16-9/h1-3,6H,4-5,14H2,(H,15,19). The van der Waals surface area contributed by atoms with Crippen LogP contribution in [0.3, 0.4) is 0 Å². The van der Waals surface area contributed by atoms with E-state index in [0.29, 0.717) is 28.8 Å². The highest BCUT2D eigenvalue weighted by Crippen LogP contribution is 2.29. The number of hydrogen-bond donors (Lipinski definition) is 2. The second kappa shape index (κ2) is 6.01. The average Bonchev–Trinajstić information content (AvgIpc) is 2.83. The molecule has 100 valence electrons. The van der Waals surface area contributed by atoms with Crippen molar-refractivity contribution >= 4 is 34.8 Å². The van der Waals surface area contributed by atoms with Crippen LogP contribution in [0.2, 0.25) is 10.0 Å². The van der Waals surface area contributed by atoms with Crippen molar-refractivity contribution in [1.29, 1.82) is 0 Å². The number of carbonyl (C=O) groups excluding carboxylic acids is 1. The molecule has 0 fully saturated rings. The lowest BCUT2D eigenvalue weighted by Crippen LogP contribution is -2.13. The molecular formula is C11H11Cl2N5O. The second-order valence-corrected chi connectivity index (χ2v) is 4.52. The van der Waals surface area contributed by atoms with Crippen molar-refractivity contribution in [3.63, 3.8) is 0 Å². The van der Waals surface area contributed by atoms with Gasteiger partial charge in [-0.1, -0.05) is 34.5 Å². The second-order valence-electron chi connectivity index (χ2n) is 3.71. The minimum atomic E-state index is -0.432. The van der Waals surface area contributed by atoms with Gasteiger partial charge in [-0.2, -0.15) is 0 Å². The van der Waals surface area contributed by atoms with Crippen LogP contribution in [0.15, 0.2) is 24.4 Å². The van der Waals surface area contributed by atoms with Gasteiger partial charge in [0, 0.05) is 6.54 Å². The van der Waals surface area contributed by atoms with Gasteiger partial charge in [-0.15, -0.1) is 5.10 Å². The number of rotatable bonds is 4. The molecule has 0 aliphatic heterocycles. The van der Waals surface area contributed by atoms with Crippen LogP contribution in [0.5, 0.6) is 0 Å². The van der Waals surface area contributed by atoms with Gasteiger partial charge in [-0.25, -0.2) is 0 Å².